The van der Waals surface area contributed by atoms with Gasteiger partial charge in [-0.05, 0) is 79.7 Å². The number of hydrogen-bond donors (Lipinski definition) is 0. The summed E-state index contributed by atoms with van der Waals surface area (Å²) in [6.45, 7) is 0. The van der Waals surface area contributed by atoms with Crippen LogP contribution in [0.25, 0.3) is 76.7 Å². The molecule has 1 spiro atoms. The third kappa shape index (κ3) is 4.17. The van der Waals surface area contributed by atoms with Crippen LogP contribution in [0.3, 0.4) is 0 Å². The van der Waals surface area contributed by atoms with Gasteiger partial charge in [0.1, 0.15) is 0 Å². The number of hydrogen-bond acceptors (Lipinski definition) is 3. The highest BCUT2D eigenvalue weighted by Crippen LogP contribution is 2.66. The Hall–Kier alpha value is -6.42. The van der Waals surface area contributed by atoms with Gasteiger partial charge in [-0.3, -0.25) is 0 Å². The zero-order valence-electron chi connectivity index (χ0n) is 28.1. The van der Waals surface area contributed by atoms with E-state index in [4.69, 9.17) is 9.97 Å². The van der Waals surface area contributed by atoms with Gasteiger partial charge in [0.15, 0.2) is 5.82 Å². The molecule has 0 fully saturated rings. The van der Waals surface area contributed by atoms with Crippen molar-refractivity contribution >= 4 is 21.4 Å². The first-order valence-corrected chi connectivity index (χ1v) is 18.6. The SMILES string of the molecule is c1ccc(-c2cc(-c3cccc(-c4ccc5c(c4)C4(c6ccccc6-5)c5ccccc5-c5sc6ccccc6c54)c3)nc(-c3ccccc3)n2)cc1. The number of aromatic nitrogens is 2. The molecule has 9 aromatic rings. The van der Waals surface area contributed by atoms with E-state index >= 15 is 0 Å². The molecule has 0 amide bonds. The fourth-order valence-electron chi connectivity index (χ4n) is 8.70. The maximum atomic E-state index is 5.14. The number of benzene rings is 7. The van der Waals surface area contributed by atoms with Crippen LogP contribution in [0.2, 0.25) is 0 Å². The Morgan fingerprint density at radius 1 is 0.385 bits per heavy atom. The Kier molecular flexibility index (Phi) is 6.37. The summed E-state index contributed by atoms with van der Waals surface area (Å²) in [5.74, 6) is 0.721. The third-order valence-corrected chi connectivity index (χ3v) is 12.1. The van der Waals surface area contributed by atoms with Crippen molar-refractivity contribution in [1.82, 2.24) is 9.97 Å². The van der Waals surface area contributed by atoms with Crippen LogP contribution >= 0.6 is 11.3 Å². The Bertz CT molecular complexity index is 2800. The average molecular weight is 679 g/mol. The molecule has 0 bridgehead atoms. The van der Waals surface area contributed by atoms with Gasteiger partial charge in [-0.2, -0.15) is 0 Å². The van der Waals surface area contributed by atoms with Crippen molar-refractivity contribution in [2.45, 2.75) is 5.41 Å². The monoisotopic (exact) mass is 678 g/mol. The molecule has 2 heterocycles. The predicted molar refractivity (Wildman–Crippen MR) is 215 cm³/mol. The van der Waals surface area contributed by atoms with Crippen LogP contribution in [0.5, 0.6) is 0 Å². The first kappa shape index (κ1) is 29.3. The minimum atomic E-state index is -0.396. The lowest BCUT2D eigenvalue weighted by Gasteiger charge is -2.30. The first-order chi connectivity index (χ1) is 25.8. The summed E-state index contributed by atoms with van der Waals surface area (Å²) < 4.78 is 1.34. The highest BCUT2D eigenvalue weighted by atomic mass is 32.1. The van der Waals surface area contributed by atoms with Gasteiger partial charge in [0.2, 0.25) is 0 Å². The highest BCUT2D eigenvalue weighted by Gasteiger charge is 2.53. The summed E-state index contributed by atoms with van der Waals surface area (Å²) in [6.07, 6.45) is 0. The lowest BCUT2D eigenvalue weighted by Crippen LogP contribution is -2.25. The molecule has 11 rings (SSSR count). The number of fused-ring (bicyclic) bond motifs is 12. The fourth-order valence-corrected chi connectivity index (χ4v) is 9.99. The summed E-state index contributed by atoms with van der Waals surface area (Å²) in [5.41, 5.74) is 16.4. The smallest absolute Gasteiger partial charge is 0.160 e. The van der Waals surface area contributed by atoms with E-state index in [0.29, 0.717) is 0 Å². The second kappa shape index (κ2) is 11.3. The minimum Gasteiger partial charge on any atom is -0.228 e. The summed E-state index contributed by atoms with van der Waals surface area (Å²) in [7, 11) is 0. The van der Waals surface area contributed by atoms with Gasteiger partial charge in [-0.25, -0.2) is 9.97 Å². The highest BCUT2D eigenvalue weighted by molar-refractivity contribution is 7.22. The topological polar surface area (TPSA) is 25.8 Å². The number of nitrogens with zero attached hydrogens (tertiary/aromatic N) is 2. The fraction of sp³-hybridized carbons (Fsp3) is 0.0204. The summed E-state index contributed by atoms with van der Waals surface area (Å²) >= 11 is 1.93. The van der Waals surface area contributed by atoms with E-state index in [1.807, 2.05) is 35.6 Å². The standard InChI is InChI=1S/C49H30N2S/c1-3-14-31(15-4-1)43-30-44(51-48(50-43)32-16-5-2-6-17-32)35-19-13-18-33(28-35)34-26-27-37-36-20-7-10-23-40(36)49(42(37)29-34)41-24-11-8-21-38(41)47-46(49)39-22-9-12-25-45(39)52-47/h1-30H. The van der Waals surface area contributed by atoms with Crippen LogP contribution < -0.4 is 0 Å². The molecule has 0 radical (unpaired) electrons. The predicted octanol–water partition coefficient (Wildman–Crippen LogP) is 12.7. The van der Waals surface area contributed by atoms with E-state index in [1.165, 1.54) is 59.5 Å². The van der Waals surface area contributed by atoms with Gasteiger partial charge >= 0.3 is 0 Å². The Labute approximate surface area is 306 Å². The second-order valence-electron chi connectivity index (χ2n) is 13.7. The van der Waals surface area contributed by atoms with E-state index in [1.54, 1.807) is 0 Å². The van der Waals surface area contributed by atoms with Gasteiger partial charge in [0, 0.05) is 26.3 Å². The first-order valence-electron chi connectivity index (χ1n) is 17.7. The summed E-state index contributed by atoms with van der Waals surface area (Å²) in [4.78, 5) is 11.6. The Balaban J connectivity index is 1.11. The molecule has 0 saturated heterocycles. The largest absolute Gasteiger partial charge is 0.228 e. The lowest BCUT2D eigenvalue weighted by molar-refractivity contribution is 0.803. The van der Waals surface area contributed by atoms with Crippen molar-refractivity contribution in [2.75, 3.05) is 0 Å². The Morgan fingerprint density at radius 2 is 0.962 bits per heavy atom. The molecule has 52 heavy (non-hydrogen) atoms. The molecule has 242 valence electrons. The normalized spacial score (nSPS) is 15.0. The molecule has 1 unspecified atom stereocenters. The zero-order chi connectivity index (χ0) is 34.2. The Morgan fingerprint density at radius 3 is 1.77 bits per heavy atom. The van der Waals surface area contributed by atoms with Crippen molar-refractivity contribution in [3.05, 3.63) is 204 Å². The molecule has 2 aromatic heterocycles. The lowest BCUT2D eigenvalue weighted by atomic mass is 9.70. The van der Waals surface area contributed by atoms with Crippen LogP contribution in [0.1, 0.15) is 22.3 Å². The van der Waals surface area contributed by atoms with Gasteiger partial charge in [-0.1, -0.05) is 158 Å². The van der Waals surface area contributed by atoms with Gasteiger partial charge in [0.05, 0.1) is 16.8 Å². The van der Waals surface area contributed by atoms with Crippen LogP contribution in [0.15, 0.2) is 182 Å². The van der Waals surface area contributed by atoms with Crippen molar-refractivity contribution in [1.29, 1.82) is 0 Å². The molecule has 2 nitrogen and oxygen atoms in total. The molecular weight excluding hydrogens is 649 g/mol. The van der Waals surface area contributed by atoms with Gasteiger partial charge < -0.3 is 0 Å². The van der Waals surface area contributed by atoms with Crippen molar-refractivity contribution in [2.24, 2.45) is 0 Å². The van der Waals surface area contributed by atoms with Crippen LogP contribution in [-0.2, 0) is 5.41 Å². The van der Waals surface area contributed by atoms with Crippen molar-refractivity contribution in [3.63, 3.8) is 0 Å². The van der Waals surface area contributed by atoms with E-state index in [2.05, 4.69) is 158 Å². The van der Waals surface area contributed by atoms with E-state index in [9.17, 15) is 0 Å². The van der Waals surface area contributed by atoms with Crippen molar-refractivity contribution in [3.8, 4) is 66.6 Å². The van der Waals surface area contributed by atoms with Crippen molar-refractivity contribution < 1.29 is 0 Å². The molecule has 0 N–H and O–H groups in total. The molecule has 3 heteroatoms. The average Bonchev–Trinajstić information content (AvgIpc) is 3.85. The van der Waals surface area contributed by atoms with Crippen LogP contribution in [-0.4, -0.2) is 9.97 Å². The van der Waals surface area contributed by atoms with E-state index < -0.39 is 5.41 Å². The second-order valence-corrected chi connectivity index (χ2v) is 14.7. The number of rotatable bonds is 4. The molecule has 2 aliphatic rings. The summed E-state index contributed by atoms with van der Waals surface area (Å²) in [6, 6.07) is 65.8. The van der Waals surface area contributed by atoms with Gasteiger partial charge in [-0.15, -0.1) is 11.3 Å². The maximum Gasteiger partial charge on any atom is 0.160 e. The molecule has 2 aliphatic carbocycles. The maximum absolute atomic E-state index is 5.14. The quantitative estimate of drug-likeness (QED) is 0.185. The minimum absolute atomic E-state index is 0.396. The molecule has 7 aromatic carbocycles. The molecule has 1 atom stereocenters. The van der Waals surface area contributed by atoms with Gasteiger partial charge in [0.25, 0.3) is 0 Å². The molecular formula is C49H30N2S. The van der Waals surface area contributed by atoms with Crippen LogP contribution in [0, 0.1) is 0 Å². The van der Waals surface area contributed by atoms with E-state index in [0.717, 1.165) is 39.5 Å². The number of thiophene rings is 1. The van der Waals surface area contributed by atoms with Crippen LogP contribution in [0.4, 0.5) is 0 Å². The molecule has 0 aliphatic heterocycles. The molecule has 0 saturated carbocycles. The zero-order valence-corrected chi connectivity index (χ0v) is 28.9. The third-order valence-electron chi connectivity index (χ3n) is 10.9. The van der Waals surface area contributed by atoms with E-state index in [-0.39, 0.29) is 0 Å². The summed E-state index contributed by atoms with van der Waals surface area (Å²) in [5, 5.41) is 1.35.